The molecule has 2 rings (SSSR count). The van der Waals surface area contributed by atoms with Crippen LogP contribution in [-0.4, -0.2) is 29.9 Å². The molecule has 1 aliphatic heterocycles. The van der Waals surface area contributed by atoms with Crippen LogP contribution in [0.1, 0.15) is 58.1 Å². The van der Waals surface area contributed by atoms with Crippen LogP contribution < -0.4 is 5.73 Å². The quantitative estimate of drug-likeness (QED) is 0.927. The molecule has 1 amide bonds. The molecule has 0 spiro atoms. The van der Waals surface area contributed by atoms with Crippen LogP contribution in [0.5, 0.6) is 0 Å². The first-order valence-corrected chi connectivity index (χ1v) is 8.91. The standard InChI is InChI=1S/C20H32N2O/c1-15-6-5-12-22(13-11-15)19(23)18(21)14-16-7-9-17(10-8-16)20(2,3)4/h7-10,15,18H,5-6,11-14,21H2,1-4H3. The molecule has 2 unspecified atom stereocenters. The number of hydrogen-bond donors (Lipinski definition) is 1. The summed E-state index contributed by atoms with van der Waals surface area (Å²) in [5, 5.41) is 0. The maximum Gasteiger partial charge on any atom is 0.239 e. The second-order valence-electron chi connectivity index (χ2n) is 8.12. The predicted octanol–water partition coefficient (Wildman–Crippen LogP) is 3.50. The third-order valence-corrected chi connectivity index (χ3v) is 4.92. The minimum Gasteiger partial charge on any atom is -0.341 e. The first-order valence-electron chi connectivity index (χ1n) is 8.91. The van der Waals surface area contributed by atoms with Crippen LogP contribution in [0, 0.1) is 5.92 Å². The van der Waals surface area contributed by atoms with Gasteiger partial charge in [0.25, 0.3) is 0 Å². The molecule has 0 radical (unpaired) electrons. The Morgan fingerprint density at radius 3 is 2.48 bits per heavy atom. The fourth-order valence-electron chi connectivity index (χ4n) is 3.20. The van der Waals surface area contributed by atoms with Gasteiger partial charge in [-0.25, -0.2) is 0 Å². The normalized spacial score (nSPS) is 20.9. The van der Waals surface area contributed by atoms with Crippen molar-refractivity contribution in [1.29, 1.82) is 0 Å². The van der Waals surface area contributed by atoms with Crippen molar-refractivity contribution in [2.45, 2.75) is 64.8 Å². The van der Waals surface area contributed by atoms with Gasteiger partial charge in [-0.05, 0) is 48.1 Å². The largest absolute Gasteiger partial charge is 0.341 e. The first-order chi connectivity index (χ1) is 10.8. The van der Waals surface area contributed by atoms with E-state index in [1.807, 2.05) is 4.90 Å². The number of benzene rings is 1. The molecular weight excluding hydrogens is 284 g/mol. The van der Waals surface area contributed by atoms with Crippen LogP contribution in [0.15, 0.2) is 24.3 Å². The Bertz CT molecular complexity index is 515. The van der Waals surface area contributed by atoms with Crippen molar-refractivity contribution in [1.82, 2.24) is 4.90 Å². The number of carbonyl (C=O) groups excluding carboxylic acids is 1. The summed E-state index contributed by atoms with van der Waals surface area (Å²) in [5.74, 6) is 0.827. The molecule has 1 heterocycles. The molecule has 23 heavy (non-hydrogen) atoms. The zero-order valence-electron chi connectivity index (χ0n) is 15.1. The Labute approximate surface area is 141 Å². The number of likely N-dealkylation sites (tertiary alicyclic amines) is 1. The molecule has 1 fully saturated rings. The van der Waals surface area contributed by atoms with E-state index in [9.17, 15) is 4.79 Å². The summed E-state index contributed by atoms with van der Waals surface area (Å²) in [4.78, 5) is 14.6. The second kappa shape index (κ2) is 7.48. The van der Waals surface area contributed by atoms with Crippen LogP contribution in [0.25, 0.3) is 0 Å². The predicted molar refractivity (Wildman–Crippen MR) is 96.4 cm³/mol. The van der Waals surface area contributed by atoms with Crippen molar-refractivity contribution in [3.63, 3.8) is 0 Å². The topological polar surface area (TPSA) is 46.3 Å². The van der Waals surface area contributed by atoms with Gasteiger partial charge in [-0.2, -0.15) is 0 Å². The lowest BCUT2D eigenvalue weighted by Gasteiger charge is -2.24. The Balaban J connectivity index is 1.95. The summed E-state index contributed by atoms with van der Waals surface area (Å²) in [7, 11) is 0. The molecule has 2 atom stereocenters. The van der Waals surface area contributed by atoms with Crippen LogP contribution >= 0.6 is 0 Å². The van der Waals surface area contributed by atoms with Gasteiger partial charge in [0.1, 0.15) is 0 Å². The molecule has 1 aromatic carbocycles. The Morgan fingerprint density at radius 1 is 1.22 bits per heavy atom. The van der Waals surface area contributed by atoms with Crippen molar-refractivity contribution in [3.8, 4) is 0 Å². The monoisotopic (exact) mass is 316 g/mol. The third kappa shape index (κ3) is 5.07. The first kappa shape index (κ1) is 18.0. The Hall–Kier alpha value is -1.35. The zero-order chi connectivity index (χ0) is 17.0. The van der Waals surface area contributed by atoms with Crippen LogP contribution in [-0.2, 0) is 16.6 Å². The highest BCUT2D eigenvalue weighted by atomic mass is 16.2. The fourth-order valence-corrected chi connectivity index (χ4v) is 3.20. The zero-order valence-corrected chi connectivity index (χ0v) is 15.1. The highest BCUT2D eigenvalue weighted by molar-refractivity contribution is 5.82. The molecule has 3 heteroatoms. The van der Waals surface area contributed by atoms with Crippen LogP contribution in [0.4, 0.5) is 0 Å². The molecular formula is C20H32N2O. The van der Waals surface area contributed by atoms with Crippen LogP contribution in [0.3, 0.4) is 0 Å². The van der Waals surface area contributed by atoms with E-state index in [-0.39, 0.29) is 11.3 Å². The minimum absolute atomic E-state index is 0.110. The lowest BCUT2D eigenvalue weighted by Crippen LogP contribution is -2.45. The van der Waals surface area contributed by atoms with Gasteiger partial charge in [0, 0.05) is 13.1 Å². The van der Waals surface area contributed by atoms with E-state index in [1.165, 1.54) is 12.0 Å². The van der Waals surface area contributed by atoms with Crippen molar-refractivity contribution in [2.75, 3.05) is 13.1 Å². The number of amides is 1. The van der Waals surface area contributed by atoms with E-state index in [4.69, 9.17) is 5.73 Å². The molecule has 0 saturated carbocycles. The summed E-state index contributed by atoms with van der Waals surface area (Å²) in [5.41, 5.74) is 8.80. The van der Waals surface area contributed by atoms with E-state index < -0.39 is 6.04 Å². The Kier molecular flexibility index (Phi) is 5.85. The lowest BCUT2D eigenvalue weighted by atomic mass is 9.86. The minimum atomic E-state index is -0.427. The molecule has 1 aromatic rings. The number of hydrogen-bond acceptors (Lipinski definition) is 2. The average molecular weight is 316 g/mol. The van der Waals surface area contributed by atoms with Crippen molar-refractivity contribution >= 4 is 5.91 Å². The van der Waals surface area contributed by atoms with Gasteiger partial charge in [0.05, 0.1) is 6.04 Å². The summed E-state index contributed by atoms with van der Waals surface area (Å²) < 4.78 is 0. The summed E-state index contributed by atoms with van der Waals surface area (Å²) in [6.45, 7) is 10.6. The average Bonchev–Trinajstić information content (AvgIpc) is 2.71. The number of carbonyl (C=O) groups is 1. The molecule has 0 aromatic heterocycles. The highest BCUT2D eigenvalue weighted by Gasteiger charge is 2.23. The van der Waals surface area contributed by atoms with E-state index in [0.29, 0.717) is 12.3 Å². The maximum atomic E-state index is 12.6. The molecule has 3 nitrogen and oxygen atoms in total. The molecule has 2 N–H and O–H groups in total. The van der Waals surface area contributed by atoms with Gasteiger partial charge in [-0.3, -0.25) is 4.79 Å². The second-order valence-corrected chi connectivity index (χ2v) is 8.12. The van der Waals surface area contributed by atoms with Crippen molar-refractivity contribution in [3.05, 3.63) is 35.4 Å². The lowest BCUT2D eigenvalue weighted by molar-refractivity contribution is -0.132. The fraction of sp³-hybridized carbons (Fsp3) is 0.650. The highest BCUT2D eigenvalue weighted by Crippen LogP contribution is 2.22. The van der Waals surface area contributed by atoms with E-state index in [2.05, 4.69) is 52.0 Å². The van der Waals surface area contributed by atoms with E-state index in [0.717, 1.165) is 31.5 Å². The molecule has 0 aliphatic carbocycles. The molecule has 0 bridgehead atoms. The number of nitrogens with zero attached hydrogens (tertiary/aromatic N) is 1. The smallest absolute Gasteiger partial charge is 0.239 e. The third-order valence-electron chi connectivity index (χ3n) is 4.92. The number of nitrogens with two attached hydrogens (primary N) is 1. The van der Waals surface area contributed by atoms with Crippen molar-refractivity contribution < 1.29 is 4.79 Å². The molecule has 1 aliphatic rings. The molecule has 1 saturated heterocycles. The SMILES string of the molecule is CC1CCCN(C(=O)C(N)Cc2ccc(C(C)(C)C)cc2)CC1. The number of rotatable bonds is 3. The molecule has 128 valence electrons. The van der Waals surface area contributed by atoms with Gasteiger partial charge in [0.15, 0.2) is 0 Å². The van der Waals surface area contributed by atoms with E-state index >= 15 is 0 Å². The van der Waals surface area contributed by atoms with Gasteiger partial charge in [-0.1, -0.05) is 52.0 Å². The van der Waals surface area contributed by atoms with E-state index in [1.54, 1.807) is 0 Å². The van der Waals surface area contributed by atoms with Crippen molar-refractivity contribution in [2.24, 2.45) is 11.7 Å². The summed E-state index contributed by atoms with van der Waals surface area (Å²) in [6.07, 6.45) is 4.03. The van der Waals surface area contributed by atoms with Gasteiger partial charge < -0.3 is 10.6 Å². The van der Waals surface area contributed by atoms with Gasteiger partial charge in [0.2, 0.25) is 5.91 Å². The summed E-state index contributed by atoms with van der Waals surface area (Å²) in [6, 6.07) is 8.10. The summed E-state index contributed by atoms with van der Waals surface area (Å²) >= 11 is 0. The maximum absolute atomic E-state index is 12.6. The van der Waals surface area contributed by atoms with Gasteiger partial charge >= 0.3 is 0 Å². The Morgan fingerprint density at radius 2 is 1.87 bits per heavy atom. The van der Waals surface area contributed by atoms with Crippen LogP contribution in [0.2, 0.25) is 0 Å². The van der Waals surface area contributed by atoms with Gasteiger partial charge in [-0.15, -0.1) is 0 Å².